The summed E-state index contributed by atoms with van der Waals surface area (Å²) >= 11 is 0. The van der Waals surface area contributed by atoms with Crippen molar-refractivity contribution in [2.45, 2.75) is 25.7 Å². The molecule has 0 atom stereocenters. The van der Waals surface area contributed by atoms with Crippen LogP contribution in [0.3, 0.4) is 0 Å². The number of amides is 1. The zero-order chi connectivity index (χ0) is 12.1. The molecule has 0 N–H and O–H groups in total. The quantitative estimate of drug-likeness (QED) is 0.737. The highest BCUT2D eigenvalue weighted by atomic mass is 16.5. The minimum absolute atomic E-state index is 0.326. The number of morpholine rings is 1. The number of likely N-dealkylation sites (tertiary alicyclic amines) is 1. The Balaban J connectivity index is 1.65. The van der Waals surface area contributed by atoms with Gasteiger partial charge >= 0.3 is 0 Å². The number of rotatable bonds is 3. The second-order valence-electron chi connectivity index (χ2n) is 5.28. The van der Waals surface area contributed by atoms with Crippen molar-refractivity contribution in [2.75, 3.05) is 46.4 Å². The van der Waals surface area contributed by atoms with Gasteiger partial charge in [0.1, 0.15) is 0 Å². The van der Waals surface area contributed by atoms with Crippen LogP contribution < -0.4 is 0 Å². The summed E-state index contributed by atoms with van der Waals surface area (Å²) in [7, 11) is 2.18. The minimum atomic E-state index is 0.326. The van der Waals surface area contributed by atoms with Crippen LogP contribution in [0.2, 0.25) is 0 Å². The first-order valence-electron chi connectivity index (χ1n) is 6.80. The molecule has 1 amide bonds. The Kier molecular flexibility index (Phi) is 4.80. The number of ether oxygens (including phenoxy) is 1. The average Bonchev–Trinajstić information content (AvgIpc) is 2.39. The van der Waals surface area contributed by atoms with Crippen LogP contribution in [0.4, 0.5) is 0 Å². The number of hydrogen-bond donors (Lipinski definition) is 0. The molecule has 4 heteroatoms. The molecule has 17 heavy (non-hydrogen) atoms. The van der Waals surface area contributed by atoms with Crippen molar-refractivity contribution in [3.63, 3.8) is 0 Å². The second kappa shape index (κ2) is 6.36. The number of piperidine rings is 1. The molecule has 0 aromatic rings. The lowest BCUT2D eigenvalue weighted by Gasteiger charge is -2.30. The van der Waals surface area contributed by atoms with Crippen molar-refractivity contribution in [1.82, 2.24) is 9.80 Å². The molecule has 0 saturated carbocycles. The molecule has 98 valence electrons. The molecular formula is C13H24N2O2. The summed E-state index contributed by atoms with van der Waals surface area (Å²) in [4.78, 5) is 16.3. The Labute approximate surface area is 104 Å². The average molecular weight is 240 g/mol. The largest absolute Gasteiger partial charge is 0.378 e. The van der Waals surface area contributed by atoms with Crippen LogP contribution in [0.1, 0.15) is 25.7 Å². The molecule has 0 radical (unpaired) electrons. The van der Waals surface area contributed by atoms with E-state index in [2.05, 4.69) is 11.9 Å². The van der Waals surface area contributed by atoms with Gasteiger partial charge in [-0.1, -0.05) is 0 Å². The van der Waals surface area contributed by atoms with E-state index in [-0.39, 0.29) is 0 Å². The molecule has 0 unspecified atom stereocenters. The molecule has 2 aliphatic heterocycles. The Morgan fingerprint density at radius 2 is 1.82 bits per heavy atom. The topological polar surface area (TPSA) is 32.8 Å². The Hall–Kier alpha value is -0.610. The van der Waals surface area contributed by atoms with E-state index in [0.29, 0.717) is 19.1 Å². The number of carbonyl (C=O) groups is 1. The van der Waals surface area contributed by atoms with Gasteiger partial charge in [0.05, 0.1) is 13.2 Å². The standard InChI is InChI=1S/C13H24N2O2/c1-14-6-4-12(5-7-14)2-3-13(16)15-8-10-17-11-9-15/h12H,2-11H2,1H3. The zero-order valence-corrected chi connectivity index (χ0v) is 10.9. The third-order valence-electron chi connectivity index (χ3n) is 3.97. The van der Waals surface area contributed by atoms with Crippen molar-refractivity contribution in [3.8, 4) is 0 Å². The van der Waals surface area contributed by atoms with Crippen LogP contribution in [0.25, 0.3) is 0 Å². The van der Waals surface area contributed by atoms with Crippen molar-refractivity contribution < 1.29 is 9.53 Å². The molecule has 2 fully saturated rings. The highest BCUT2D eigenvalue weighted by Crippen LogP contribution is 2.21. The SMILES string of the molecule is CN1CCC(CCC(=O)N2CCOCC2)CC1. The van der Waals surface area contributed by atoms with Crippen LogP contribution in [0, 0.1) is 5.92 Å². The lowest BCUT2D eigenvalue weighted by Crippen LogP contribution is -2.41. The summed E-state index contributed by atoms with van der Waals surface area (Å²) in [5.41, 5.74) is 0. The molecule has 0 bridgehead atoms. The zero-order valence-electron chi connectivity index (χ0n) is 10.9. The van der Waals surface area contributed by atoms with E-state index >= 15 is 0 Å². The summed E-state index contributed by atoms with van der Waals surface area (Å²) in [5, 5.41) is 0. The lowest BCUT2D eigenvalue weighted by atomic mass is 9.92. The number of carbonyl (C=O) groups excluding carboxylic acids is 1. The van der Waals surface area contributed by atoms with E-state index in [9.17, 15) is 4.79 Å². The first kappa shape index (κ1) is 12.8. The Morgan fingerprint density at radius 1 is 1.18 bits per heavy atom. The summed E-state index contributed by atoms with van der Waals surface area (Å²) in [6.07, 6.45) is 4.32. The van der Waals surface area contributed by atoms with Gasteiger partial charge in [-0.2, -0.15) is 0 Å². The Bertz CT molecular complexity index is 244. The molecule has 2 aliphatic rings. The molecule has 0 aliphatic carbocycles. The highest BCUT2D eigenvalue weighted by molar-refractivity contribution is 5.76. The third kappa shape index (κ3) is 3.96. The molecular weight excluding hydrogens is 216 g/mol. The van der Waals surface area contributed by atoms with Crippen LogP contribution in [-0.4, -0.2) is 62.1 Å². The van der Waals surface area contributed by atoms with Gasteiger partial charge in [-0.25, -0.2) is 0 Å². The van der Waals surface area contributed by atoms with Gasteiger partial charge in [0.15, 0.2) is 0 Å². The van der Waals surface area contributed by atoms with Gasteiger partial charge in [-0.05, 0) is 45.3 Å². The molecule has 0 spiro atoms. The summed E-state index contributed by atoms with van der Waals surface area (Å²) < 4.78 is 5.26. The maximum absolute atomic E-state index is 12.0. The lowest BCUT2D eigenvalue weighted by molar-refractivity contribution is -0.135. The van der Waals surface area contributed by atoms with Crippen molar-refractivity contribution in [2.24, 2.45) is 5.92 Å². The third-order valence-corrected chi connectivity index (χ3v) is 3.97. The van der Waals surface area contributed by atoms with E-state index < -0.39 is 0 Å². The van der Waals surface area contributed by atoms with Crippen LogP contribution in [0.15, 0.2) is 0 Å². The summed E-state index contributed by atoms with van der Waals surface area (Å²) in [5.74, 6) is 1.09. The monoisotopic (exact) mass is 240 g/mol. The minimum Gasteiger partial charge on any atom is -0.378 e. The van der Waals surface area contributed by atoms with Gasteiger partial charge < -0.3 is 14.5 Å². The molecule has 2 rings (SSSR count). The molecule has 4 nitrogen and oxygen atoms in total. The van der Waals surface area contributed by atoms with Crippen LogP contribution in [0.5, 0.6) is 0 Å². The van der Waals surface area contributed by atoms with E-state index in [1.165, 1.54) is 25.9 Å². The molecule has 0 aromatic heterocycles. The fourth-order valence-corrected chi connectivity index (χ4v) is 2.65. The summed E-state index contributed by atoms with van der Waals surface area (Å²) in [6.45, 7) is 5.37. The normalized spacial score (nSPS) is 23.9. The van der Waals surface area contributed by atoms with Gasteiger partial charge in [-0.3, -0.25) is 4.79 Å². The predicted molar refractivity (Wildman–Crippen MR) is 66.9 cm³/mol. The van der Waals surface area contributed by atoms with Gasteiger partial charge in [0.25, 0.3) is 0 Å². The molecule has 0 aromatic carbocycles. The van der Waals surface area contributed by atoms with E-state index in [4.69, 9.17) is 4.74 Å². The molecule has 2 saturated heterocycles. The first-order chi connectivity index (χ1) is 8.25. The smallest absolute Gasteiger partial charge is 0.222 e. The number of nitrogens with zero attached hydrogens (tertiary/aromatic N) is 2. The molecule has 2 heterocycles. The fraction of sp³-hybridized carbons (Fsp3) is 0.923. The van der Waals surface area contributed by atoms with E-state index in [0.717, 1.165) is 31.8 Å². The van der Waals surface area contributed by atoms with Crippen molar-refractivity contribution in [1.29, 1.82) is 0 Å². The van der Waals surface area contributed by atoms with Gasteiger partial charge in [0.2, 0.25) is 5.91 Å². The van der Waals surface area contributed by atoms with E-state index in [1.54, 1.807) is 0 Å². The second-order valence-corrected chi connectivity index (χ2v) is 5.28. The summed E-state index contributed by atoms with van der Waals surface area (Å²) in [6, 6.07) is 0. The fourth-order valence-electron chi connectivity index (χ4n) is 2.65. The van der Waals surface area contributed by atoms with Gasteiger partial charge in [-0.15, -0.1) is 0 Å². The van der Waals surface area contributed by atoms with Crippen LogP contribution in [-0.2, 0) is 9.53 Å². The van der Waals surface area contributed by atoms with Crippen molar-refractivity contribution in [3.05, 3.63) is 0 Å². The van der Waals surface area contributed by atoms with Crippen LogP contribution >= 0.6 is 0 Å². The van der Waals surface area contributed by atoms with Gasteiger partial charge in [0, 0.05) is 19.5 Å². The van der Waals surface area contributed by atoms with E-state index in [1.807, 2.05) is 4.90 Å². The highest BCUT2D eigenvalue weighted by Gasteiger charge is 2.20. The number of hydrogen-bond acceptors (Lipinski definition) is 3. The first-order valence-corrected chi connectivity index (χ1v) is 6.80. The van der Waals surface area contributed by atoms with Crippen molar-refractivity contribution >= 4 is 5.91 Å². The Morgan fingerprint density at radius 3 is 2.47 bits per heavy atom. The maximum Gasteiger partial charge on any atom is 0.222 e. The maximum atomic E-state index is 12.0. The predicted octanol–water partition coefficient (Wildman–Crippen LogP) is 0.967.